The van der Waals surface area contributed by atoms with Gasteiger partial charge >= 0.3 is 5.95 Å². The van der Waals surface area contributed by atoms with Gasteiger partial charge in [-0.1, -0.05) is 5.16 Å². The Hall–Kier alpha value is -1.23. The zero-order chi connectivity index (χ0) is 9.68. The Morgan fingerprint density at radius 3 is 3.00 bits per heavy atom. The molecule has 5 heteroatoms. The Balaban J connectivity index is 2.35. The largest absolute Gasteiger partial charge is 0.479 e. The van der Waals surface area contributed by atoms with Crippen molar-refractivity contribution in [3.63, 3.8) is 0 Å². The molecular formula is C8H15N3O2. The first-order chi connectivity index (χ1) is 6.24. The van der Waals surface area contributed by atoms with Gasteiger partial charge in [0.1, 0.15) is 0 Å². The second-order valence-corrected chi connectivity index (χ2v) is 2.90. The second-order valence-electron chi connectivity index (χ2n) is 2.90. The van der Waals surface area contributed by atoms with Crippen molar-refractivity contribution in [2.45, 2.75) is 6.42 Å². The SMILES string of the molecule is CNCCCN(C)c1cc(O)on1. The number of rotatable bonds is 5. The first-order valence-electron chi connectivity index (χ1n) is 4.25. The quantitative estimate of drug-likeness (QED) is 0.651. The third kappa shape index (κ3) is 2.95. The van der Waals surface area contributed by atoms with E-state index >= 15 is 0 Å². The fourth-order valence-electron chi connectivity index (χ4n) is 1.04. The number of nitrogens with zero attached hydrogens (tertiary/aromatic N) is 2. The molecule has 1 aromatic heterocycles. The van der Waals surface area contributed by atoms with E-state index in [0.717, 1.165) is 19.5 Å². The molecule has 1 aromatic rings. The highest BCUT2D eigenvalue weighted by Crippen LogP contribution is 2.17. The number of aromatic nitrogens is 1. The van der Waals surface area contributed by atoms with Crippen molar-refractivity contribution in [2.75, 3.05) is 32.1 Å². The smallest absolute Gasteiger partial charge is 0.310 e. The fourth-order valence-corrected chi connectivity index (χ4v) is 1.04. The number of aromatic hydroxyl groups is 1. The molecule has 0 fully saturated rings. The van der Waals surface area contributed by atoms with Crippen molar-refractivity contribution < 1.29 is 9.63 Å². The molecule has 0 saturated heterocycles. The van der Waals surface area contributed by atoms with Gasteiger partial charge in [0.05, 0.1) is 6.07 Å². The first kappa shape index (κ1) is 9.85. The molecule has 0 aliphatic rings. The summed E-state index contributed by atoms with van der Waals surface area (Å²) in [6.45, 7) is 1.85. The number of anilines is 1. The van der Waals surface area contributed by atoms with E-state index in [1.54, 1.807) is 0 Å². The topological polar surface area (TPSA) is 61.5 Å². The lowest BCUT2D eigenvalue weighted by Crippen LogP contribution is -2.22. The van der Waals surface area contributed by atoms with Gasteiger partial charge in [-0.05, 0) is 20.0 Å². The second kappa shape index (κ2) is 4.71. The Bertz CT molecular complexity index is 249. The van der Waals surface area contributed by atoms with Crippen LogP contribution in [-0.4, -0.2) is 37.4 Å². The Labute approximate surface area is 77.3 Å². The minimum absolute atomic E-state index is 0.143. The van der Waals surface area contributed by atoms with Crippen molar-refractivity contribution >= 4 is 5.82 Å². The van der Waals surface area contributed by atoms with Crippen LogP contribution in [0.3, 0.4) is 0 Å². The number of hydrogen-bond acceptors (Lipinski definition) is 5. The molecule has 2 N–H and O–H groups in total. The van der Waals surface area contributed by atoms with E-state index in [1.807, 2.05) is 19.0 Å². The highest BCUT2D eigenvalue weighted by atomic mass is 16.5. The molecular weight excluding hydrogens is 170 g/mol. The molecule has 0 aromatic carbocycles. The van der Waals surface area contributed by atoms with Crippen LogP contribution < -0.4 is 10.2 Å². The van der Waals surface area contributed by atoms with Crippen LogP contribution in [0.2, 0.25) is 0 Å². The highest BCUT2D eigenvalue weighted by Gasteiger charge is 2.06. The molecule has 0 atom stereocenters. The van der Waals surface area contributed by atoms with Crippen molar-refractivity contribution in [3.8, 4) is 5.95 Å². The summed E-state index contributed by atoms with van der Waals surface area (Å²) in [4.78, 5) is 1.93. The summed E-state index contributed by atoms with van der Waals surface area (Å²) in [5.74, 6) is 0.518. The summed E-state index contributed by atoms with van der Waals surface area (Å²) in [6.07, 6.45) is 1.03. The lowest BCUT2D eigenvalue weighted by atomic mass is 10.4. The van der Waals surface area contributed by atoms with Crippen LogP contribution in [-0.2, 0) is 0 Å². The minimum atomic E-state index is -0.143. The molecule has 0 bridgehead atoms. The molecule has 0 unspecified atom stereocenters. The normalized spacial score (nSPS) is 10.3. The van der Waals surface area contributed by atoms with Crippen molar-refractivity contribution in [2.24, 2.45) is 0 Å². The summed E-state index contributed by atoms with van der Waals surface area (Å²) in [6, 6.07) is 1.50. The van der Waals surface area contributed by atoms with Gasteiger partial charge in [-0.2, -0.15) is 0 Å². The van der Waals surface area contributed by atoms with Gasteiger partial charge in [-0.3, -0.25) is 0 Å². The van der Waals surface area contributed by atoms with E-state index in [-0.39, 0.29) is 5.95 Å². The molecule has 0 saturated carbocycles. The maximum absolute atomic E-state index is 8.91. The predicted octanol–water partition coefficient (Wildman–Crippen LogP) is 0.426. The zero-order valence-corrected chi connectivity index (χ0v) is 7.95. The first-order valence-corrected chi connectivity index (χ1v) is 4.25. The molecule has 0 spiro atoms. The van der Waals surface area contributed by atoms with E-state index in [0.29, 0.717) is 5.82 Å². The molecule has 13 heavy (non-hydrogen) atoms. The summed E-state index contributed by atoms with van der Waals surface area (Å²) >= 11 is 0. The third-order valence-electron chi connectivity index (χ3n) is 1.80. The lowest BCUT2D eigenvalue weighted by molar-refractivity contribution is 0.278. The van der Waals surface area contributed by atoms with Gasteiger partial charge in [0, 0.05) is 13.6 Å². The minimum Gasteiger partial charge on any atom is -0.479 e. The van der Waals surface area contributed by atoms with Gasteiger partial charge in [0.15, 0.2) is 5.82 Å². The Morgan fingerprint density at radius 1 is 1.69 bits per heavy atom. The summed E-state index contributed by atoms with van der Waals surface area (Å²) in [5, 5.41) is 15.6. The van der Waals surface area contributed by atoms with Gasteiger partial charge in [-0.15, -0.1) is 0 Å². The zero-order valence-electron chi connectivity index (χ0n) is 7.95. The van der Waals surface area contributed by atoms with Crippen LogP contribution >= 0.6 is 0 Å². The molecule has 74 valence electrons. The van der Waals surface area contributed by atoms with E-state index in [9.17, 15) is 0 Å². The van der Waals surface area contributed by atoms with E-state index in [1.165, 1.54) is 6.07 Å². The molecule has 1 heterocycles. The molecule has 0 radical (unpaired) electrons. The Kier molecular flexibility index (Phi) is 3.57. The third-order valence-corrected chi connectivity index (χ3v) is 1.80. The van der Waals surface area contributed by atoms with E-state index in [2.05, 4.69) is 15.0 Å². The van der Waals surface area contributed by atoms with Crippen LogP contribution in [0.15, 0.2) is 10.6 Å². The van der Waals surface area contributed by atoms with E-state index < -0.39 is 0 Å². The summed E-state index contributed by atoms with van der Waals surface area (Å²) in [5.41, 5.74) is 0. The van der Waals surface area contributed by atoms with E-state index in [4.69, 9.17) is 5.11 Å². The van der Waals surface area contributed by atoms with Crippen LogP contribution in [0.25, 0.3) is 0 Å². The summed E-state index contributed by atoms with van der Waals surface area (Å²) in [7, 11) is 3.83. The van der Waals surface area contributed by atoms with Crippen LogP contribution in [0.4, 0.5) is 5.82 Å². The standard InChI is InChI=1S/C8H15N3O2/c1-9-4-3-5-11(2)7-6-8(12)13-10-7/h6,9,12H,3-5H2,1-2H3. The van der Waals surface area contributed by atoms with Gasteiger partial charge in [0.25, 0.3) is 0 Å². The molecule has 5 nitrogen and oxygen atoms in total. The number of hydrogen-bond donors (Lipinski definition) is 2. The highest BCUT2D eigenvalue weighted by molar-refractivity contribution is 5.38. The van der Waals surface area contributed by atoms with Gasteiger partial charge in [-0.25, -0.2) is 0 Å². The van der Waals surface area contributed by atoms with Crippen LogP contribution in [0, 0.1) is 0 Å². The Morgan fingerprint density at radius 2 is 2.46 bits per heavy atom. The predicted molar refractivity (Wildman–Crippen MR) is 50.0 cm³/mol. The van der Waals surface area contributed by atoms with Gasteiger partial charge < -0.3 is 19.8 Å². The maximum atomic E-state index is 8.91. The molecule has 0 amide bonds. The number of nitrogens with one attached hydrogen (secondary N) is 1. The van der Waals surface area contributed by atoms with Crippen LogP contribution in [0.5, 0.6) is 5.95 Å². The average molecular weight is 185 g/mol. The van der Waals surface area contributed by atoms with Crippen molar-refractivity contribution in [1.29, 1.82) is 0 Å². The molecule has 0 aliphatic heterocycles. The van der Waals surface area contributed by atoms with Crippen molar-refractivity contribution in [3.05, 3.63) is 6.07 Å². The molecule has 0 aliphatic carbocycles. The van der Waals surface area contributed by atoms with Gasteiger partial charge in [0.2, 0.25) is 0 Å². The van der Waals surface area contributed by atoms with Crippen LogP contribution in [0.1, 0.15) is 6.42 Å². The maximum Gasteiger partial charge on any atom is 0.310 e. The average Bonchev–Trinajstić information content (AvgIpc) is 2.52. The van der Waals surface area contributed by atoms with Crippen molar-refractivity contribution in [1.82, 2.24) is 10.5 Å². The summed E-state index contributed by atoms with van der Waals surface area (Å²) < 4.78 is 4.54. The molecule has 1 rings (SSSR count). The fraction of sp³-hybridized carbons (Fsp3) is 0.625. The monoisotopic (exact) mass is 185 g/mol. The lowest BCUT2D eigenvalue weighted by Gasteiger charge is -2.14.